The van der Waals surface area contributed by atoms with Crippen LogP contribution in [-0.4, -0.2) is 55.4 Å². The van der Waals surface area contributed by atoms with Gasteiger partial charge in [-0.25, -0.2) is 4.79 Å². The Morgan fingerprint density at radius 3 is 1.55 bits per heavy atom. The molecule has 2 aromatic carbocycles. The van der Waals surface area contributed by atoms with Gasteiger partial charge in [0.15, 0.2) is 0 Å². The molecule has 0 radical (unpaired) electrons. The van der Waals surface area contributed by atoms with Gasteiger partial charge >= 0.3 is 43.7 Å². The summed E-state index contributed by atoms with van der Waals surface area (Å²) < 4.78 is 0. The molecule has 0 amide bonds. The molecule has 0 spiro atoms. The van der Waals surface area contributed by atoms with Gasteiger partial charge < -0.3 is 10.8 Å². The third kappa shape index (κ3) is 16.6. The summed E-state index contributed by atoms with van der Waals surface area (Å²) in [6.07, 6.45) is 22.9. The topological polar surface area (TPSA) is 63.3 Å². The molecule has 184 valence electrons. The van der Waals surface area contributed by atoms with E-state index in [0.717, 1.165) is 17.3 Å². The van der Waals surface area contributed by atoms with Crippen LogP contribution in [0, 0.1) is 0 Å². The number of carboxylic acids is 1. The molecule has 0 aliphatic heterocycles. The Bertz CT molecular complexity index is 698. The number of benzene rings is 2. The number of carbonyl (C=O) groups is 1. The van der Waals surface area contributed by atoms with Crippen LogP contribution in [0.3, 0.4) is 0 Å². The number of unbranched alkanes of at least 4 members (excludes halogenated alkanes) is 15. The molecule has 0 aliphatic carbocycles. The molecular weight excluding hydrogens is 434 g/mol. The zero-order valence-corrected chi connectivity index (χ0v) is 20.5. The first kappa shape index (κ1) is 32.4. The maximum absolute atomic E-state index is 10.8. The van der Waals surface area contributed by atoms with E-state index in [-0.39, 0.29) is 37.7 Å². The van der Waals surface area contributed by atoms with Gasteiger partial charge in [-0.15, -0.1) is 0 Å². The van der Waals surface area contributed by atoms with Gasteiger partial charge in [0.05, 0.1) is 5.56 Å². The second kappa shape index (κ2) is 23.1. The second-order valence-electron chi connectivity index (χ2n) is 8.92. The van der Waals surface area contributed by atoms with Crippen molar-refractivity contribution in [2.75, 3.05) is 6.54 Å². The van der Waals surface area contributed by atoms with Gasteiger partial charge in [0.1, 0.15) is 0 Å². The molecule has 0 aromatic heterocycles. The number of rotatable bonds is 17. The Balaban J connectivity index is 0.000000635. The molecule has 0 unspecified atom stereocenters. The van der Waals surface area contributed by atoms with Crippen LogP contribution in [0.2, 0.25) is 0 Å². The van der Waals surface area contributed by atoms with Crippen molar-refractivity contribution < 1.29 is 9.90 Å². The summed E-state index contributed by atoms with van der Waals surface area (Å²) in [5, 5.41) is 10.6. The summed E-state index contributed by atoms with van der Waals surface area (Å²) in [5.41, 5.74) is 5.84. The molecule has 0 aliphatic rings. The first-order valence-electron chi connectivity index (χ1n) is 13.1. The molecule has 0 fully saturated rings. The van der Waals surface area contributed by atoms with Crippen molar-refractivity contribution in [1.29, 1.82) is 0 Å². The van der Waals surface area contributed by atoms with Crippen LogP contribution in [0.15, 0.2) is 42.5 Å². The average Bonchev–Trinajstić information content (AvgIpc) is 2.81. The first-order valence-corrected chi connectivity index (χ1v) is 13.1. The zero-order valence-electron chi connectivity index (χ0n) is 20.5. The van der Waals surface area contributed by atoms with Crippen LogP contribution >= 0.6 is 0 Å². The number of hydrogen-bond acceptors (Lipinski definition) is 2. The Hall–Kier alpha value is -0.610. The van der Waals surface area contributed by atoms with Crippen molar-refractivity contribution in [2.45, 2.75) is 110 Å². The molecular formula is C29H49CaNO2. The van der Waals surface area contributed by atoms with Gasteiger partial charge in [-0.3, -0.25) is 0 Å². The molecule has 33 heavy (non-hydrogen) atoms. The van der Waals surface area contributed by atoms with Crippen molar-refractivity contribution in [3.8, 4) is 0 Å². The van der Waals surface area contributed by atoms with Gasteiger partial charge in [-0.2, -0.15) is 0 Å². The Kier molecular flexibility index (Phi) is 22.7. The molecule has 0 saturated heterocycles. The van der Waals surface area contributed by atoms with Crippen LogP contribution in [0.25, 0.3) is 10.8 Å². The number of hydrogen-bond donors (Lipinski definition) is 2. The molecule has 4 heteroatoms. The van der Waals surface area contributed by atoms with E-state index in [0.29, 0.717) is 5.56 Å². The van der Waals surface area contributed by atoms with Crippen molar-refractivity contribution in [1.82, 2.24) is 0 Å². The number of nitrogens with two attached hydrogens (primary N) is 1. The standard InChI is InChI=1S/C18H39N.C11H8O2.Ca.2H/c1-2-3-4-5-6-7-8-9-10-11-12-13-14-15-16-17-18-19;12-11(13)10-7-3-5-8-4-1-2-6-9(8)10;;;/h2-19H2,1H3;1-7H,(H,12,13);;;. The van der Waals surface area contributed by atoms with E-state index in [1.807, 2.05) is 30.3 Å². The average molecular weight is 484 g/mol. The van der Waals surface area contributed by atoms with Crippen LogP contribution in [0.1, 0.15) is 120 Å². The fraction of sp³-hybridized carbons (Fsp3) is 0.621. The van der Waals surface area contributed by atoms with Crippen LogP contribution in [0.5, 0.6) is 0 Å². The van der Waals surface area contributed by atoms with E-state index >= 15 is 0 Å². The van der Waals surface area contributed by atoms with Crippen LogP contribution in [0.4, 0.5) is 0 Å². The van der Waals surface area contributed by atoms with E-state index in [4.69, 9.17) is 10.8 Å². The van der Waals surface area contributed by atoms with E-state index in [9.17, 15) is 4.79 Å². The maximum atomic E-state index is 10.8. The van der Waals surface area contributed by atoms with Gasteiger partial charge in [0, 0.05) is 0 Å². The molecule has 2 aromatic rings. The normalized spacial score (nSPS) is 10.4. The van der Waals surface area contributed by atoms with Crippen molar-refractivity contribution in [3.63, 3.8) is 0 Å². The monoisotopic (exact) mass is 483 g/mol. The molecule has 0 atom stereocenters. The summed E-state index contributed by atoms with van der Waals surface area (Å²) >= 11 is 0. The zero-order chi connectivity index (χ0) is 23.3. The van der Waals surface area contributed by atoms with Gasteiger partial charge in [0.25, 0.3) is 0 Å². The van der Waals surface area contributed by atoms with Crippen molar-refractivity contribution in [3.05, 3.63) is 48.0 Å². The number of aromatic carboxylic acids is 1. The van der Waals surface area contributed by atoms with Gasteiger partial charge in [0.2, 0.25) is 0 Å². The van der Waals surface area contributed by atoms with E-state index in [1.54, 1.807) is 12.1 Å². The summed E-state index contributed by atoms with van der Waals surface area (Å²) in [5.74, 6) is -0.878. The third-order valence-electron chi connectivity index (χ3n) is 6.08. The molecule has 0 saturated carbocycles. The molecule has 0 heterocycles. The predicted octanol–water partition coefficient (Wildman–Crippen LogP) is 7.83. The molecule has 3 N–H and O–H groups in total. The summed E-state index contributed by atoms with van der Waals surface area (Å²) in [7, 11) is 0. The first-order chi connectivity index (χ1) is 15.7. The fourth-order valence-electron chi connectivity index (χ4n) is 4.10. The van der Waals surface area contributed by atoms with Crippen LogP contribution < -0.4 is 5.73 Å². The van der Waals surface area contributed by atoms with Gasteiger partial charge in [-0.05, 0) is 29.8 Å². The Morgan fingerprint density at radius 2 is 1.09 bits per heavy atom. The molecule has 2 rings (SSSR count). The quantitative estimate of drug-likeness (QED) is 0.178. The minimum atomic E-state index is -0.878. The van der Waals surface area contributed by atoms with Gasteiger partial charge in [-0.1, -0.05) is 140 Å². The fourth-order valence-corrected chi connectivity index (χ4v) is 4.10. The Labute approximate surface area is 232 Å². The molecule has 0 bridgehead atoms. The van der Waals surface area contributed by atoms with Crippen molar-refractivity contribution in [2.24, 2.45) is 5.73 Å². The number of carboxylic acid groups (broad SMARTS) is 1. The minimum absolute atomic E-state index is 0. The van der Waals surface area contributed by atoms with E-state index < -0.39 is 5.97 Å². The third-order valence-corrected chi connectivity index (χ3v) is 6.08. The molecule has 3 nitrogen and oxygen atoms in total. The van der Waals surface area contributed by atoms with Crippen LogP contribution in [-0.2, 0) is 0 Å². The van der Waals surface area contributed by atoms with E-state index in [2.05, 4.69) is 6.92 Å². The summed E-state index contributed by atoms with van der Waals surface area (Å²) in [4.78, 5) is 10.8. The predicted molar refractivity (Wildman–Crippen MR) is 148 cm³/mol. The van der Waals surface area contributed by atoms with E-state index in [1.165, 1.54) is 103 Å². The SMILES string of the molecule is CCCCCCCCCCCCCCCCCCN.O=C(O)c1cccc2ccccc12.[CaH2]. The number of fused-ring (bicyclic) bond motifs is 1. The Morgan fingerprint density at radius 1 is 0.667 bits per heavy atom. The summed E-state index contributed by atoms with van der Waals surface area (Å²) in [6.45, 7) is 3.16. The summed E-state index contributed by atoms with van der Waals surface area (Å²) in [6, 6.07) is 12.7. The second-order valence-corrected chi connectivity index (χ2v) is 8.92. The van der Waals surface area contributed by atoms with Crippen molar-refractivity contribution >= 4 is 54.5 Å².